The normalized spacial score (nSPS) is 14.9. The van der Waals surface area contributed by atoms with Gasteiger partial charge in [-0.3, -0.25) is 19.2 Å². The van der Waals surface area contributed by atoms with Gasteiger partial charge in [0.1, 0.15) is 17.3 Å². The molecule has 1 saturated heterocycles. The monoisotopic (exact) mass is 496 g/mol. The molecule has 0 unspecified atom stereocenters. The van der Waals surface area contributed by atoms with E-state index < -0.39 is 0 Å². The number of likely N-dealkylation sites (tertiary alicyclic amines) is 1. The third-order valence-electron chi connectivity index (χ3n) is 6.89. The smallest absolute Gasteiger partial charge is 0.330 e. The predicted molar refractivity (Wildman–Crippen MR) is 148 cm³/mol. The highest BCUT2D eigenvalue weighted by Crippen LogP contribution is 2.24. The number of piperidine rings is 1. The molecule has 5 rings (SSSR count). The van der Waals surface area contributed by atoms with Crippen LogP contribution in [0.25, 0.3) is 17.4 Å². The number of hydrogen-bond acceptors (Lipinski definition) is 5. The van der Waals surface area contributed by atoms with Crippen molar-refractivity contribution in [2.24, 2.45) is 0 Å². The van der Waals surface area contributed by atoms with Crippen LogP contribution in [-0.2, 0) is 6.54 Å². The molecule has 37 heavy (non-hydrogen) atoms. The Morgan fingerprint density at radius 2 is 1.78 bits per heavy atom. The number of aromatic nitrogens is 2. The summed E-state index contributed by atoms with van der Waals surface area (Å²) in [5, 5.41) is 0. The summed E-state index contributed by atoms with van der Waals surface area (Å²) in [6.07, 6.45) is 5.13. The molecular formula is C30H32N4O3. The van der Waals surface area contributed by atoms with E-state index in [2.05, 4.69) is 28.1 Å². The zero-order valence-corrected chi connectivity index (χ0v) is 21.3. The van der Waals surface area contributed by atoms with Crippen molar-refractivity contribution in [1.82, 2.24) is 14.5 Å². The van der Waals surface area contributed by atoms with E-state index >= 15 is 0 Å². The Balaban J connectivity index is 1.24. The first-order valence-corrected chi connectivity index (χ1v) is 12.7. The van der Waals surface area contributed by atoms with E-state index in [-0.39, 0.29) is 17.3 Å². The zero-order chi connectivity index (χ0) is 25.8. The Morgan fingerprint density at radius 3 is 2.51 bits per heavy atom. The van der Waals surface area contributed by atoms with Crippen LogP contribution in [0.2, 0.25) is 0 Å². The molecule has 2 aromatic carbocycles. The standard InChI is InChI=1S/C30H32N4O3/c1-22-7-6-10-24(19-22)27-12-11-26(37-27)15-16-32(2)28-20-29(35)34(30(36)31-28)25-13-17-33(18-14-25)21-23-8-4-3-5-9-23/h3-12,15-16,19-20,25H,13-14,17-18,21H2,1-2H3,(H,31,36)/b16-15+. The number of rotatable bonds is 7. The molecule has 0 spiro atoms. The van der Waals surface area contributed by atoms with Gasteiger partial charge >= 0.3 is 5.69 Å². The highest BCUT2D eigenvalue weighted by molar-refractivity contribution is 5.61. The highest BCUT2D eigenvalue weighted by Gasteiger charge is 2.23. The van der Waals surface area contributed by atoms with E-state index in [9.17, 15) is 9.59 Å². The Morgan fingerprint density at radius 1 is 1.00 bits per heavy atom. The molecule has 0 saturated carbocycles. The van der Waals surface area contributed by atoms with Crippen LogP contribution in [0.4, 0.5) is 5.82 Å². The van der Waals surface area contributed by atoms with Crippen LogP contribution >= 0.6 is 0 Å². The number of benzene rings is 2. The average molecular weight is 497 g/mol. The summed E-state index contributed by atoms with van der Waals surface area (Å²) in [5.74, 6) is 1.91. The molecule has 0 bridgehead atoms. The predicted octanol–water partition coefficient (Wildman–Crippen LogP) is 5.05. The number of nitrogens with one attached hydrogen (secondary N) is 1. The van der Waals surface area contributed by atoms with Crippen LogP contribution in [0.15, 0.2) is 93.0 Å². The van der Waals surface area contributed by atoms with Crippen LogP contribution in [0.3, 0.4) is 0 Å². The maximum atomic E-state index is 13.0. The lowest BCUT2D eigenvalue weighted by atomic mass is 10.0. The molecular weight excluding hydrogens is 464 g/mol. The highest BCUT2D eigenvalue weighted by atomic mass is 16.3. The average Bonchev–Trinajstić information content (AvgIpc) is 3.38. The SMILES string of the molecule is Cc1cccc(-c2ccc(/C=C/N(C)c3cc(=O)n(C4CCN(Cc5ccccc5)CC4)c(=O)[nH]3)o2)c1. The number of aromatic amines is 1. The minimum absolute atomic E-state index is 0.0960. The van der Waals surface area contributed by atoms with Gasteiger partial charge < -0.3 is 9.32 Å². The van der Waals surface area contributed by atoms with Gasteiger partial charge in [-0.15, -0.1) is 0 Å². The van der Waals surface area contributed by atoms with E-state index in [0.717, 1.165) is 43.8 Å². The van der Waals surface area contributed by atoms with Crippen molar-refractivity contribution in [2.75, 3.05) is 25.0 Å². The lowest BCUT2D eigenvalue weighted by molar-refractivity contribution is 0.175. The number of anilines is 1. The minimum Gasteiger partial charge on any atom is -0.457 e. The van der Waals surface area contributed by atoms with E-state index in [0.29, 0.717) is 11.6 Å². The summed E-state index contributed by atoms with van der Waals surface area (Å²) < 4.78 is 7.32. The fourth-order valence-electron chi connectivity index (χ4n) is 4.87. The van der Waals surface area contributed by atoms with E-state index in [4.69, 9.17) is 4.42 Å². The fraction of sp³-hybridized carbons (Fsp3) is 0.267. The van der Waals surface area contributed by atoms with Crippen molar-refractivity contribution in [3.05, 3.63) is 117 Å². The first kappa shape index (κ1) is 24.6. The summed E-state index contributed by atoms with van der Waals surface area (Å²) in [6, 6.07) is 23.7. The van der Waals surface area contributed by atoms with Crippen molar-refractivity contribution in [3.8, 4) is 11.3 Å². The second-order valence-electron chi connectivity index (χ2n) is 9.66. The van der Waals surface area contributed by atoms with Gasteiger partial charge in [-0.25, -0.2) is 4.79 Å². The number of H-pyrrole nitrogens is 1. The maximum absolute atomic E-state index is 13.0. The van der Waals surface area contributed by atoms with Gasteiger partial charge in [0, 0.05) is 50.6 Å². The zero-order valence-electron chi connectivity index (χ0n) is 21.3. The molecule has 1 aliphatic heterocycles. The van der Waals surface area contributed by atoms with Crippen molar-refractivity contribution in [2.45, 2.75) is 32.4 Å². The van der Waals surface area contributed by atoms with E-state index in [1.165, 1.54) is 21.8 Å². The summed E-state index contributed by atoms with van der Waals surface area (Å²) in [5.41, 5.74) is 2.82. The quantitative estimate of drug-likeness (QED) is 0.388. The van der Waals surface area contributed by atoms with Gasteiger partial charge in [0.15, 0.2) is 0 Å². The summed E-state index contributed by atoms with van der Waals surface area (Å²) >= 11 is 0. The van der Waals surface area contributed by atoms with Gasteiger partial charge in [0.2, 0.25) is 0 Å². The lowest BCUT2D eigenvalue weighted by Gasteiger charge is -2.32. The number of nitrogens with zero attached hydrogens (tertiary/aromatic N) is 3. The van der Waals surface area contributed by atoms with Crippen molar-refractivity contribution in [3.63, 3.8) is 0 Å². The van der Waals surface area contributed by atoms with Crippen molar-refractivity contribution >= 4 is 11.9 Å². The molecule has 0 atom stereocenters. The number of furan rings is 1. The molecule has 190 valence electrons. The molecule has 1 N–H and O–H groups in total. The Hall–Kier alpha value is -4.10. The fourth-order valence-corrected chi connectivity index (χ4v) is 4.87. The topological polar surface area (TPSA) is 74.5 Å². The first-order valence-electron chi connectivity index (χ1n) is 12.7. The molecule has 4 aromatic rings. The second kappa shape index (κ2) is 10.9. The summed E-state index contributed by atoms with van der Waals surface area (Å²) in [4.78, 5) is 32.8. The van der Waals surface area contributed by atoms with Gasteiger partial charge in [0.05, 0.1) is 0 Å². The second-order valence-corrected chi connectivity index (χ2v) is 9.66. The van der Waals surface area contributed by atoms with Gasteiger partial charge in [-0.05, 0) is 49.6 Å². The Labute approximate surface area is 216 Å². The number of aryl methyl sites for hydroxylation is 1. The maximum Gasteiger partial charge on any atom is 0.330 e. The van der Waals surface area contributed by atoms with E-state index in [1.54, 1.807) is 18.1 Å². The van der Waals surface area contributed by atoms with Gasteiger partial charge in [-0.1, -0.05) is 54.1 Å². The van der Waals surface area contributed by atoms with Crippen LogP contribution < -0.4 is 16.1 Å². The van der Waals surface area contributed by atoms with E-state index in [1.807, 2.05) is 61.5 Å². The third-order valence-corrected chi connectivity index (χ3v) is 6.89. The minimum atomic E-state index is -0.371. The Kier molecular flexibility index (Phi) is 7.23. The van der Waals surface area contributed by atoms with Crippen LogP contribution in [0, 0.1) is 6.92 Å². The molecule has 0 radical (unpaired) electrons. The Bertz CT molecular complexity index is 1460. The third kappa shape index (κ3) is 5.84. The molecule has 3 heterocycles. The lowest BCUT2D eigenvalue weighted by Crippen LogP contribution is -2.43. The van der Waals surface area contributed by atoms with Crippen molar-refractivity contribution < 1.29 is 4.42 Å². The molecule has 7 nitrogen and oxygen atoms in total. The van der Waals surface area contributed by atoms with Crippen LogP contribution in [0.1, 0.15) is 35.8 Å². The first-order chi connectivity index (χ1) is 18.0. The van der Waals surface area contributed by atoms with Crippen LogP contribution in [-0.4, -0.2) is 34.6 Å². The molecule has 1 fully saturated rings. The number of hydrogen-bond donors (Lipinski definition) is 1. The van der Waals surface area contributed by atoms with Crippen LogP contribution in [0.5, 0.6) is 0 Å². The van der Waals surface area contributed by atoms with Gasteiger partial charge in [0.25, 0.3) is 5.56 Å². The van der Waals surface area contributed by atoms with Gasteiger partial charge in [-0.2, -0.15) is 0 Å². The molecule has 0 amide bonds. The molecule has 7 heteroatoms. The molecule has 2 aromatic heterocycles. The molecule has 0 aliphatic carbocycles. The summed E-state index contributed by atoms with van der Waals surface area (Å²) in [7, 11) is 1.79. The molecule has 1 aliphatic rings. The van der Waals surface area contributed by atoms with Crippen molar-refractivity contribution in [1.29, 1.82) is 0 Å². The summed E-state index contributed by atoms with van der Waals surface area (Å²) in [6.45, 7) is 4.63. The largest absolute Gasteiger partial charge is 0.457 e.